The Morgan fingerprint density at radius 3 is 2.28 bits per heavy atom. The number of H-pyrrole nitrogens is 1. The SMILES string of the molecule is C[C@@H](NC(=O)N1CCN(C(=O)c2cc3ccccc3[nH]2)CC1)C(=O)N1CCCC1. The highest BCUT2D eigenvalue weighted by atomic mass is 16.2. The summed E-state index contributed by atoms with van der Waals surface area (Å²) in [6, 6.07) is 8.86. The van der Waals surface area contributed by atoms with E-state index in [-0.39, 0.29) is 17.8 Å². The van der Waals surface area contributed by atoms with Gasteiger partial charge in [0.15, 0.2) is 0 Å². The number of aromatic nitrogens is 1. The zero-order valence-corrected chi connectivity index (χ0v) is 16.7. The highest BCUT2D eigenvalue weighted by Crippen LogP contribution is 2.17. The molecule has 8 heteroatoms. The normalized spacial score (nSPS) is 18.2. The Labute approximate surface area is 169 Å². The van der Waals surface area contributed by atoms with Crippen LogP contribution in [0.1, 0.15) is 30.3 Å². The van der Waals surface area contributed by atoms with Gasteiger partial charge in [-0.25, -0.2) is 4.79 Å². The van der Waals surface area contributed by atoms with Gasteiger partial charge >= 0.3 is 6.03 Å². The molecule has 2 N–H and O–H groups in total. The van der Waals surface area contributed by atoms with Crippen LogP contribution in [0.4, 0.5) is 4.79 Å². The molecule has 2 aliphatic heterocycles. The number of hydrogen-bond acceptors (Lipinski definition) is 3. The van der Waals surface area contributed by atoms with E-state index in [0.29, 0.717) is 31.9 Å². The minimum atomic E-state index is -0.536. The Balaban J connectivity index is 1.29. The van der Waals surface area contributed by atoms with Crippen LogP contribution in [0.2, 0.25) is 0 Å². The number of benzene rings is 1. The van der Waals surface area contributed by atoms with Gasteiger partial charge in [0.25, 0.3) is 5.91 Å². The van der Waals surface area contributed by atoms with E-state index in [1.54, 1.807) is 16.7 Å². The maximum Gasteiger partial charge on any atom is 0.318 e. The topological polar surface area (TPSA) is 88.7 Å². The number of piperazine rings is 1. The van der Waals surface area contributed by atoms with Gasteiger partial charge in [-0.1, -0.05) is 18.2 Å². The van der Waals surface area contributed by atoms with Crippen molar-refractivity contribution >= 4 is 28.7 Å². The lowest BCUT2D eigenvalue weighted by molar-refractivity contribution is -0.131. The van der Waals surface area contributed by atoms with Crippen LogP contribution in [0, 0.1) is 0 Å². The van der Waals surface area contributed by atoms with Crippen LogP contribution in [-0.2, 0) is 4.79 Å². The summed E-state index contributed by atoms with van der Waals surface area (Å²) in [4.78, 5) is 46.1. The molecular formula is C21H27N5O3. The minimum absolute atomic E-state index is 0.0246. The van der Waals surface area contributed by atoms with E-state index in [9.17, 15) is 14.4 Å². The molecule has 0 saturated carbocycles. The maximum atomic E-state index is 12.8. The van der Waals surface area contributed by atoms with Gasteiger partial charge < -0.3 is 25.0 Å². The third kappa shape index (κ3) is 4.06. The Morgan fingerprint density at radius 1 is 0.931 bits per heavy atom. The Bertz CT molecular complexity index is 877. The van der Waals surface area contributed by atoms with E-state index < -0.39 is 6.04 Å². The van der Waals surface area contributed by atoms with Crippen molar-refractivity contribution in [3.8, 4) is 0 Å². The van der Waals surface area contributed by atoms with Crippen molar-refractivity contribution < 1.29 is 14.4 Å². The van der Waals surface area contributed by atoms with Gasteiger partial charge in [0.05, 0.1) is 0 Å². The number of amides is 4. The smallest absolute Gasteiger partial charge is 0.318 e. The fourth-order valence-corrected chi connectivity index (χ4v) is 4.02. The lowest BCUT2D eigenvalue weighted by Gasteiger charge is -2.35. The van der Waals surface area contributed by atoms with E-state index >= 15 is 0 Å². The third-order valence-corrected chi connectivity index (χ3v) is 5.74. The first-order chi connectivity index (χ1) is 14.0. The van der Waals surface area contributed by atoms with Gasteiger partial charge in [-0.05, 0) is 31.9 Å². The number of likely N-dealkylation sites (tertiary alicyclic amines) is 1. The van der Waals surface area contributed by atoms with E-state index in [1.807, 2.05) is 35.2 Å². The molecule has 0 bridgehead atoms. The number of rotatable bonds is 3. The lowest BCUT2D eigenvalue weighted by atomic mass is 10.2. The van der Waals surface area contributed by atoms with Crippen LogP contribution in [0.15, 0.2) is 30.3 Å². The molecule has 4 rings (SSSR count). The highest BCUT2D eigenvalue weighted by Gasteiger charge is 2.29. The summed E-state index contributed by atoms with van der Waals surface area (Å²) in [5.74, 6) is -0.0812. The quantitative estimate of drug-likeness (QED) is 0.825. The number of nitrogens with zero attached hydrogens (tertiary/aromatic N) is 3. The first-order valence-corrected chi connectivity index (χ1v) is 10.2. The minimum Gasteiger partial charge on any atom is -0.351 e. The van der Waals surface area contributed by atoms with Crippen molar-refractivity contribution in [3.05, 3.63) is 36.0 Å². The van der Waals surface area contributed by atoms with Gasteiger partial charge in [-0.15, -0.1) is 0 Å². The zero-order valence-electron chi connectivity index (χ0n) is 16.7. The van der Waals surface area contributed by atoms with Crippen LogP contribution >= 0.6 is 0 Å². The summed E-state index contributed by atoms with van der Waals surface area (Å²) >= 11 is 0. The molecule has 0 unspecified atom stereocenters. The van der Waals surface area contributed by atoms with Crippen LogP contribution in [0.3, 0.4) is 0 Å². The summed E-state index contributed by atoms with van der Waals surface area (Å²) in [5, 5.41) is 3.81. The molecule has 2 aromatic rings. The first kappa shape index (κ1) is 19.3. The number of hydrogen-bond donors (Lipinski definition) is 2. The van der Waals surface area contributed by atoms with Crippen molar-refractivity contribution in [2.75, 3.05) is 39.3 Å². The zero-order chi connectivity index (χ0) is 20.4. The Kier molecular flexibility index (Phi) is 5.42. The van der Waals surface area contributed by atoms with Gasteiger partial charge in [-0.2, -0.15) is 0 Å². The molecule has 0 spiro atoms. The number of para-hydroxylation sites is 1. The fourth-order valence-electron chi connectivity index (χ4n) is 4.02. The second-order valence-corrected chi connectivity index (χ2v) is 7.75. The molecule has 1 atom stereocenters. The predicted molar refractivity (Wildman–Crippen MR) is 110 cm³/mol. The van der Waals surface area contributed by atoms with Crippen LogP contribution < -0.4 is 5.32 Å². The molecule has 2 saturated heterocycles. The maximum absolute atomic E-state index is 12.8. The van der Waals surface area contributed by atoms with Crippen molar-refractivity contribution in [2.45, 2.75) is 25.8 Å². The van der Waals surface area contributed by atoms with Crippen molar-refractivity contribution in [1.29, 1.82) is 0 Å². The molecular weight excluding hydrogens is 370 g/mol. The standard InChI is InChI=1S/C21H27N5O3/c1-15(19(27)24-8-4-5-9-24)22-21(29)26-12-10-25(11-13-26)20(28)18-14-16-6-2-3-7-17(16)23-18/h2-3,6-7,14-15,23H,4-5,8-13H2,1H3,(H,22,29)/t15-/m1/s1. The van der Waals surface area contributed by atoms with Crippen LogP contribution in [-0.4, -0.2) is 82.8 Å². The average Bonchev–Trinajstić information content (AvgIpc) is 3.42. The van der Waals surface area contributed by atoms with E-state index in [2.05, 4.69) is 10.3 Å². The number of carbonyl (C=O) groups excluding carboxylic acids is 3. The van der Waals surface area contributed by atoms with E-state index in [4.69, 9.17) is 0 Å². The summed E-state index contributed by atoms with van der Waals surface area (Å²) < 4.78 is 0. The number of nitrogens with one attached hydrogen (secondary N) is 2. The molecule has 154 valence electrons. The van der Waals surface area contributed by atoms with Crippen LogP contribution in [0.5, 0.6) is 0 Å². The Hall–Kier alpha value is -3.03. The van der Waals surface area contributed by atoms with Gasteiger partial charge in [0, 0.05) is 50.2 Å². The Morgan fingerprint density at radius 2 is 1.59 bits per heavy atom. The molecule has 0 radical (unpaired) electrons. The highest BCUT2D eigenvalue weighted by molar-refractivity contribution is 5.98. The summed E-state index contributed by atoms with van der Waals surface area (Å²) in [6.07, 6.45) is 2.05. The second-order valence-electron chi connectivity index (χ2n) is 7.75. The summed E-state index contributed by atoms with van der Waals surface area (Å²) in [6.45, 7) is 5.10. The van der Waals surface area contributed by atoms with Gasteiger partial charge in [0.1, 0.15) is 11.7 Å². The van der Waals surface area contributed by atoms with Gasteiger partial charge in [0.2, 0.25) is 5.91 Å². The number of carbonyl (C=O) groups is 3. The predicted octanol–water partition coefficient (Wildman–Crippen LogP) is 1.65. The van der Waals surface area contributed by atoms with Crippen molar-refractivity contribution in [1.82, 2.24) is 25.0 Å². The first-order valence-electron chi connectivity index (χ1n) is 10.2. The largest absolute Gasteiger partial charge is 0.351 e. The fraction of sp³-hybridized carbons (Fsp3) is 0.476. The molecule has 8 nitrogen and oxygen atoms in total. The second kappa shape index (κ2) is 8.14. The van der Waals surface area contributed by atoms with Crippen molar-refractivity contribution in [3.63, 3.8) is 0 Å². The molecule has 2 fully saturated rings. The third-order valence-electron chi connectivity index (χ3n) is 5.74. The molecule has 4 amide bonds. The molecule has 2 aliphatic rings. The van der Waals surface area contributed by atoms with Crippen LogP contribution in [0.25, 0.3) is 10.9 Å². The summed E-state index contributed by atoms with van der Waals surface area (Å²) in [5.41, 5.74) is 1.50. The number of urea groups is 1. The van der Waals surface area contributed by atoms with E-state index in [0.717, 1.165) is 36.8 Å². The molecule has 1 aromatic carbocycles. The van der Waals surface area contributed by atoms with Gasteiger partial charge in [-0.3, -0.25) is 9.59 Å². The lowest BCUT2D eigenvalue weighted by Crippen LogP contribution is -2.56. The summed E-state index contributed by atoms with van der Waals surface area (Å²) in [7, 11) is 0. The number of fused-ring (bicyclic) bond motifs is 1. The van der Waals surface area contributed by atoms with E-state index in [1.165, 1.54) is 0 Å². The molecule has 29 heavy (non-hydrogen) atoms. The molecule has 1 aromatic heterocycles. The molecule has 3 heterocycles. The average molecular weight is 397 g/mol. The molecule has 0 aliphatic carbocycles. The monoisotopic (exact) mass is 397 g/mol. The number of aromatic amines is 1. The van der Waals surface area contributed by atoms with Crippen molar-refractivity contribution in [2.24, 2.45) is 0 Å².